The summed E-state index contributed by atoms with van der Waals surface area (Å²) in [6.07, 6.45) is 0.201. The first-order chi connectivity index (χ1) is 47.3. The zero-order valence-corrected chi connectivity index (χ0v) is 57.2. The number of aliphatic hydroxyl groups excluding tert-OH is 2. The van der Waals surface area contributed by atoms with Crippen LogP contribution in [0.5, 0.6) is 0 Å². The van der Waals surface area contributed by atoms with Crippen LogP contribution in [0.25, 0.3) is 0 Å². The molecule has 2 aromatic rings. The summed E-state index contributed by atoms with van der Waals surface area (Å²) in [6.45, 7) is 5.10. The summed E-state index contributed by atoms with van der Waals surface area (Å²) in [4.78, 5) is 183. The van der Waals surface area contributed by atoms with Gasteiger partial charge >= 0.3 is 0 Å². The molecule has 37 heteroatoms. The van der Waals surface area contributed by atoms with Crippen LogP contribution in [0.4, 0.5) is 0 Å². The molecule has 2 aromatic carbocycles. The van der Waals surface area contributed by atoms with Gasteiger partial charge in [0.05, 0.1) is 25.3 Å². The van der Waals surface area contributed by atoms with Crippen LogP contribution in [0.3, 0.4) is 0 Å². The predicted octanol–water partition coefficient (Wildman–Crippen LogP) is -8.45. The van der Waals surface area contributed by atoms with E-state index in [4.69, 9.17) is 45.9 Å². The van der Waals surface area contributed by atoms with Gasteiger partial charge in [0.2, 0.25) is 76.8 Å². The van der Waals surface area contributed by atoms with E-state index in [1.54, 1.807) is 54.6 Å². The Hall–Kier alpha value is -10.1. The van der Waals surface area contributed by atoms with E-state index in [1.807, 2.05) is 6.07 Å². The molecule has 556 valence electrons. The van der Waals surface area contributed by atoms with Crippen LogP contribution in [-0.2, 0) is 75.2 Å². The van der Waals surface area contributed by atoms with Gasteiger partial charge in [-0.3, -0.25) is 72.3 Å². The van der Waals surface area contributed by atoms with Gasteiger partial charge in [0.25, 0.3) is 0 Å². The van der Waals surface area contributed by atoms with E-state index in [-0.39, 0.29) is 89.3 Å². The molecule has 0 bridgehead atoms. The molecule has 13 amide bonds. The largest absolute Gasteiger partial charge is 0.394 e. The number of aliphatic imine (C=N–C) groups is 2. The molecule has 0 aromatic heterocycles. The van der Waals surface area contributed by atoms with Crippen LogP contribution >= 0.6 is 0 Å². The summed E-state index contributed by atoms with van der Waals surface area (Å²) in [6, 6.07) is 0.993. The summed E-state index contributed by atoms with van der Waals surface area (Å²) < 4.78 is 0. The lowest BCUT2D eigenvalue weighted by Crippen LogP contribution is -2.60. The summed E-state index contributed by atoms with van der Waals surface area (Å²) in [5.41, 5.74) is 46.1. The molecule has 0 radical (unpaired) electrons. The Kier molecular flexibility index (Phi) is 39.7. The molecular weight excluding hydrogens is 1300 g/mol. The first kappa shape index (κ1) is 86.0. The molecule has 37 nitrogen and oxygen atoms in total. The highest BCUT2D eigenvalue weighted by atomic mass is 16.3. The number of hydrogen-bond donors (Lipinski definition) is 22. The van der Waals surface area contributed by atoms with E-state index in [9.17, 15) is 72.5 Å². The Morgan fingerprint density at radius 2 is 0.750 bits per heavy atom. The van der Waals surface area contributed by atoms with Crippen LogP contribution in [0, 0.1) is 0 Å². The lowest BCUT2D eigenvalue weighted by molar-refractivity contribution is -0.136. The van der Waals surface area contributed by atoms with Crippen molar-refractivity contribution in [2.45, 2.75) is 190 Å². The van der Waals surface area contributed by atoms with Crippen LogP contribution in [-0.4, -0.2) is 217 Å². The fraction of sp³-hybridized carbons (Fsp3) is 0.571. The Balaban J connectivity index is 2.21. The summed E-state index contributed by atoms with van der Waals surface area (Å²) in [7, 11) is 0. The number of unbranched alkanes of at least 4 members (excludes halogenated alkanes) is 2. The van der Waals surface area contributed by atoms with Crippen molar-refractivity contribution in [3.05, 3.63) is 71.8 Å². The first-order valence-corrected chi connectivity index (χ1v) is 32.9. The number of nitrogens with zero attached hydrogens (tertiary/aromatic N) is 2. The van der Waals surface area contributed by atoms with E-state index in [0.717, 1.165) is 5.56 Å². The maximum Gasteiger partial charge on any atom is 0.245 e. The van der Waals surface area contributed by atoms with Gasteiger partial charge in [0.1, 0.15) is 66.5 Å². The molecule has 0 fully saturated rings. The monoisotopic (exact) mass is 1410 g/mol. The first-order valence-electron chi connectivity index (χ1n) is 32.9. The number of hydrogen-bond acceptors (Lipinski definition) is 20. The number of aliphatic hydroxyl groups is 2. The van der Waals surface area contributed by atoms with Gasteiger partial charge in [-0.2, -0.15) is 0 Å². The molecule has 0 heterocycles. The highest BCUT2D eigenvalue weighted by molar-refractivity contribution is 5.99. The molecule has 0 aliphatic carbocycles. The maximum atomic E-state index is 14.1. The molecule has 0 aliphatic rings. The second kappa shape index (κ2) is 46.2. The fourth-order valence-electron chi connectivity index (χ4n) is 9.47. The number of nitrogens with one attached hydrogen (secondary N) is 12. The number of benzene rings is 2. The number of carbonyl (C=O) groups excluding carboxylic acids is 13. The molecule has 0 unspecified atom stereocenters. The Bertz CT molecular complexity index is 3070. The molecular formula is C63H104N22O15. The average molecular weight is 1410 g/mol. The molecule has 0 saturated carbocycles. The summed E-state index contributed by atoms with van der Waals surface area (Å²) in [5.74, 6) is -12.1. The predicted molar refractivity (Wildman–Crippen MR) is 369 cm³/mol. The van der Waals surface area contributed by atoms with Crippen molar-refractivity contribution in [2.24, 2.45) is 55.9 Å². The van der Waals surface area contributed by atoms with E-state index < -0.39 is 169 Å². The third-order valence-electron chi connectivity index (χ3n) is 15.2. The van der Waals surface area contributed by atoms with Gasteiger partial charge in [0.15, 0.2) is 11.9 Å². The average Bonchev–Trinajstić information content (AvgIpc) is 0.924. The Morgan fingerprint density at radius 3 is 1.18 bits per heavy atom. The van der Waals surface area contributed by atoms with Crippen molar-refractivity contribution in [3.8, 4) is 0 Å². The van der Waals surface area contributed by atoms with Crippen LogP contribution in [0.2, 0.25) is 0 Å². The van der Waals surface area contributed by atoms with E-state index in [1.165, 1.54) is 34.6 Å². The fourth-order valence-corrected chi connectivity index (χ4v) is 9.47. The lowest BCUT2D eigenvalue weighted by Gasteiger charge is -2.27. The third kappa shape index (κ3) is 33.4. The number of carbonyl (C=O) groups is 13. The SMILES string of the molecule is C[C@H](NC(=O)CNC(=O)[C@@H](NC(=O)[C@H](Cc1ccccc1)NC(=O)[C@H](C)NC(=O)[C@H](C)NC(=O)[C@@H](N)Cc1ccccc1)[C@@H](C)O)C(=O)N[C@@H](CCCN=C(N)N)C(=O)N[C@@H](CCCCN)C(=O)N[C@@H](CO)C(=O)N[C@@H](C)C(=O)N[C@@H](CCCN=C(N)N)C(=O)N[C@@H](CCCCN)C(N)=O. The Labute approximate surface area is 580 Å². The molecule has 0 aliphatic heterocycles. The van der Waals surface area contributed by atoms with Gasteiger partial charge in [-0.25, -0.2) is 0 Å². The summed E-state index contributed by atoms with van der Waals surface area (Å²) >= 11 is 0. The molecule has 30 N–H and O–H groups in total. The number of primary amides is 1. The van der Waals surface area contributed by atoms with Crippen molar-refractivity contribution in [1.82, 2.24) is 63.8 Å². The van der Waals surface area contributed by atoms with Crippen molar-refractivity contribution in [2.75, 3.05) is 39.3 Å². The zero-order valence-electron chi connectivity index (χ0n) is 57.2. The van der Waals surface area contributed by atoms with Crippen molar-refractivity contribution < 1.29 is 72.5 Å². The molecule has 0 saturated heterocycles. The van der Waals surface area contributed by atoms with Crippen LogP contribution < -0.4 is 110 Å². The number of nitrogens with two attached hydrogens (primary N) is 8. The Morgan fingerprint density at radius 1 is 0.400 bits per heavy atom. The van der Waals surface area contributed by atoms with Crippen molar-refractivity contribution in [1.29, 1.82) is 0 Å². The van der Waals surface area contributed by atoms with E-state index >= 15 is 0 Å². The highest BCUT2D eigenvalue weighted by Gasteiger charge is 2.35. The highest BCUT2D eigenvalue weighted by Crippen LogP contribution is 2.11. The van der Waals surface area contributed by atoms with Gasteiger partial charge in [-0.1, -0.05) is 60.7 Å². The standard InChI is InChI=1S/C63H104N22O15/c1-34(75-48(88)32-74-61(100)49(38(5)87)85-59(98)46(31-40-20-10-7-11-21-40)83-54(93)36(3)76-51(90)35(2)77-55(94)41(66)30-39-18-8-6-9-19-39)52(91)80-45(25-17-29-73-63(70)71)57(96)82-43(23-13-15-27-65)58(97)84-47(33-86)60(99)78-37(4)53(92)81-44(24-16-28-72-62(68)69)56(95)79-42(50(67)89)22-12-14-26-64/h6-11,18-21,34-38,41-47,49,86-87H,12-17,22-33,64-66H2,1-5H3,(H2,67,89)(H,74,100)(H,75,88)(H,76,90)(H,77,94)(H,78,99)(H,79,95)(H,80,91)(H,81,92)(H,82,96)(H,83,93)(H,84,97)(H,85,98)(H4,68,69,72)(H4,70,71,73)/t34-,35-,36-,37-,38+,41-,42-,43-,44-,45-,46-,47-,49-/m0/s1. The van der Waals surface area contributed by atoms with Crippen molar-refractivity contribution >= 4 is 88.7 Å². The van der Waals surface area contributed by atoms with E-state index in [0.29, 0.717) is 31.4 Å². The van der Waals surface area contributed by atoms with Crippen molar-refractivity contribution in [3.63, 3.8) is 0 Å². The van der Waals surface area contributed by atoms with E-state index in [2.05, 4.69) is 73.8 Å². The number of rotatable bonds is 47. The quantitative estimate of drug-likeness (QED) is 0.0166. The molecule has 100 heavy (non-hydrogen) atoms. The van der Waals surface area contributed by atoms with Crippen LogP contribution in [0.15, 0.2) is 70.6 Å². The van der Waals surface area contributed by atoms with Gasteiger partial charge < -0.3 is 120 Å². The maximum absolute atomic E-state index is 14.1. The lowest BCUT2D eigenvalue weighted by atomic mass is 10.0. The molecule has 13 atom stereocenters. The number of amides is 13. The minimum Gasteiger partial charge on any atom is -0.394 e. The topological polar surface area (TPSA) is 640 Å². The second-order valence-electron chi connectivity index (χ2n) is 23.8. The number of guanidine groups is 2. The van der Waals surface area contributed by atoms with Crippen LogP contribution in [0.1, 0.15) is 110 Å². The van der Waals surface area contributed by atoms with Gasteiger partial charge in [0, 0.05) is 19.5 Å². The zero-order chi connectivity index (χ0) is 75.0. The third-order valence-corrected chi connectivity index (χ3v) is 15.2. The minimum absolute atomic E-state index is 0.0263. The smallest absolute Gasteiger partial charge is 0.245 e. The van der Waals surface area contributed by atoms with Gasteiger partial charge in [-0.15, -0.1) is 0 Å². The normalized spacial score (nSPS) is 14.8. The molecule has 2 rings (SSSR count). The second-order valence-corrected chi connectivity index (χ2v) is 23.8. The molecule has 0 spiro atoms. The summed E-state index contributed by atoms with van der Waals surface area (Å²) in [5, 5.41) is 50.5. The van der Waals surface area contributed by atoms with Gasteiger partial charge in [-0.05, 0) is 129 Å². The minimum atomic E-state index is -1.73.